The highest BCUT2D eigenvalue weighted by atomic mass is 16.3. The molecule has 0 saturated heterocycles. The Bertz CT molecular complexity index is 3280. The minimum Gasteiger partial charge on any atom is -0.454 e. The van der Waals surface area contributed by atoms with Crippen molar-refractivity contribution in [2.75, 3.05) is 0 Å². The normalized spacial score (nSPS) is 15.7. The van der Waals surface area contributed by atoms with E-state index in [2.05, 4.69) is 186 Å². The van der Waals surface area contributed by atoms with Gasteiger partial charge in [-0.3, -0.25) is 0 Å². The first-order chi connectivity index (χ1) is 27.2. The van der Waals surface area contributed by atoms with Crippen LogP contribution in [-0.2, 0) is 6.42 Å². The first-order valence-corrected chi connectivity index (χ1v) is 19.4. The Morgan fingerprint density at radius 1 is 0.473 bits per heavy atom. The number of nitrogens with zero attached hydrogens (tertiary/aromatic N) is 2. The number of rotatable bonds is 3. The predicted molar refractivity (Wildman–Crippen MR) is 230 cm³/mol. The van der Waals surface area contributed by atoms with Crippen LogP contribution < -0.4 is 0 Å². The molecule has 1 aliphatic rings. The second-order valence-electron chi connectivity index (χ2n) is 15.3. The number of benzene rings is 8. The molecule has 0 fully saturated rings. The number of hydrogen-bond donors (Lipinski definition) is 0. The zero-order valence-corrected chi connectivity index (χ0v) is 30.4. The molecule has 0 spiro atoms. The number of hydrogen-bond acceptors (Lipinski definition) is 1. The molecule has 12 rings (SSSR count). The molecular formula is C52H36N2O. The summed E-state index contributed by atoms with van der Waals surface area (Å²) in [7, 11) is 0. The van der Waals surface area contributed by atoms with Crippen LogP contribution in [-0.4, -0.2) is 9.13 Å². The molecule has 3 aromatic heterocycles. The number of para-hydroxylation sites is 5. The van der Waals surface area contributed by atoms with Crippen LogP contribution in [0.4, 0.5) is 0 Å². The SMILES string of the molecule is CC1c2ccc(-c3ccc4c(c3)c3ccccc3n4-c3cccc4c3oc3ccccc34)cc2-c2ccccc2CC1n1c2ccccc2c2ccccc21. The average molecular weight is 705 g/mol. The summed E-state index contributed by atoms with van der Waals surface area (Å²) in [6, 6.07) is 65.0. The smallest absolute Gasteiger partial charge is 0.159 e. The highest BCUT2D eigenvalue weighted by Gasteiger charge is 2.31. The Morgan fingerprint density at radius 2 is 1.07 bits per heavy atom. The Balaban J connectivity index is 1.03. The van der Waals surface area contributed by atoms with E-state index in [-0.39, 0.29) is 12.0 Å². The molecule has 2 unspecified atom stereocenters. The van der Waals surface area contributed by atoms with E-state index >= 15 is 0 Å². The van der Waals surface area contributed by atoms with Crippen LogP contribution >= 0.6 is 0 Å². The Morgan fingerprint density at radius 3 is 1.87 bits per heavy atom. The summed E-state index contributed by atoms with van der Waals surface area (Å²) in [6.45, 7) is 2.43. The maximum absolute atomic E-state index is 6.55. The molecule has 55 heavy (non-hydrogen) atoms. The molecule has 0 radical (unpaired) electrons. The van der Waals surface area contributed by atoms with Crippen molar-refractivity contribution in [2.24, 2.45) is 0 Å². The fraction of sp³-hybridized carbons (Fsp3) is 0.0769. The van der Waals surface area contributed by atoms with Crippen LogP contribution in [0.15, 0.2) is 180 Å². The third kappa shape index (κ3) is 4.38. The number of fused-ring (bicyclic) bond motifs is 12. The summed E-state index contributed by atoms with van der Waals surface area (Å²) < 4.78 is 11.6. The van der Waals surface area contributed by atoms with Crippen molar-refractivity contribution in [1.82, 2.24) is 9.13 Å². The highest BCUT2D eigenvalue weighted by molar-refractivity contribution is 6.13. The Kier molecular flexibility index (Phi) is 6.44. The van der Waals surface area contributed by atoms with Gasteiger partial charge < -0.3 is 13.6 Å². The summed E-state index contributed by atoms with van der Waals surface area (Å²) in [5.41, 5.74) is 15.8. The number of furan rings is 1. The quantitative estimate of drug-likeness (QED) is 0.180. The van der Waals surface area contributed by atoms with Crippen LogP contribution in [0.2, 0.25) is 0 Å². The lowest BCUT2D eigenvalue weighted by atomic mass is 9.87. The largest absolute Gasteiger partial charge is 0.454 e. The fourth-order valence-electron chi connectivity index (χ4n) is 9.88. The molecule has 0 aliphatic heterocycles. The Labute approximate surface area is 318 Å². The second kappa shape index (κ2) is 11.6. The molecule has 8 aromatic carbocycles. The van der Waals surface area contributed by atoms with Gasteiger partial charge in [-0.15, -0.1) is 0 Å². The molecule has 260 valence electrons. The van der Waals surface area contributed by atoms with E-state index in [0.717, 1.165) is 34.0 Å². The van der Waals surface area contributed by atoms with Crippen molar-refractivity contribution in [3.05, 3.63) is 187 Å². The third-order valence-electron chi connectivity index (χ3n) is 12.4. The van der Waals surface area contributed by atoms with Gasteiger partial charge in [0.2, 0.25) is 0 Å². The zero-order valence-electron chi connectivity index (χ0n) is 30.4. The van der Waals surface area contributed by atoms with E-state index in [1.54, 1.807) is 0 Å². The van der Waals surface area contributed by atoms with Gasteiger partial charge in [-0.2, -0.15) is 0 Å². The van der Waals surface area contributed by atoms with Crippen LogP contribution in [0.25, 0.3) is 93.5 Å². The standard InChI is InChI=1S/C52H36N2O/c1-32-36-27-25-33(29-43(36)37-14-3-2-13-35(37)31-50(32)54-45-20-8-4-15-38(45)39-16-5-9-21-46(39)54)34-26-28-48-44(30-34)40-17-6-10-22-47(40)53(48)49-23-12-19-42-41-18-7-11-24-51(41)55-52(42)49/h2-30,32,50H,31H2,1H3. The zero-order chi connectivity index (χ0) is 36.2. The summed E-state index contributed by atoms with van der Waals surface area (Å²) in [5.74, 6) is 0.289. The van der Waals surface area contributed by atoms with Gasteiger partial charge in [0, 0.05) is 55.3 Å². The topological polar surface area (TPSA) is 23.0 Å². The number of aromatic nitrogens is 2. The van der Waals surface area contributed by atoms with Gasteiger partial charge in [0.25, 0.3) is 0 Å². The molecule has 0 bridgehead atoms. The van der Waals surface area contributed by atoms with E-state index in [1.807, 2.05) is 6.07 Å². The van der Waals surface area contributed by atoms with E-state index in [9.17, 15) is 0 Å². The second-order valence-corrected chi connectivity index (χ2v) is 15.3. The molecule has 2 atom stereocenters. The molecule has 1 aliphatic carbocycles. The van der Waals surface area contributed by atoms with Gasteiger partial charge in [-0.25, -0.2) is 0 Å². The van der Waals surface area contributed by atoms with E-state index in [4.69, 9.17) is 4.42 Å². The predicted octanol–water partition coefficient (Wildman–Crippen LogP) is 14.0. The van der Waals surface area contributed by atoms with Gasteiger partial charge >= 0.3 is 0 Å². The molecular weight excluding hydrogens is 669 g/mol. The molecule has 0 N–H and O–H groups in total. The van der Waals surface area contributed by atoms with Crippen molar-refractivity contribution in [3.63, 3.8) is 0 Å². The first-order valence-electron chi connectivity index (χ1n) is 19.4. The van der Waals surface area contributed by atoms with Crippen LogP contribution in [0.1, 0.15) is 30.0 Å². The van der Waals surface area contributed by atoms with Crippen molar-refractivity contribution in [1.29, 1.82) is 0 Å². The molecule has 3 nitrogen and oxygen atoms in total. The van der Waals surface area contributed by atoms with Crippen molar-refractivity contribution in [3.8, 4) is 27.9 Å². The van der Waals surface area contributed by atoms with Crippen molar-refractivity contribution >= 4 is 65.6 Å². The highest BCUT2D eigenvalue weighted by Crippen LogP contribution is 2.47. The fourth-order valence-corrected chi connectivity index (χ4v) is 9.88. The minimum atomic E-state index is 0.261. The monoisotopic (exact) mass is 704 g/mol. The lowest BCUT2D eigenvalue weighted by Gasteiger charge is -2.27. The summed E-state index contributed by atoms with van der Waals surface area (Å²) in [4.78, 5) is 0. The molecule has 0 amide bonds. The van der Waals surface area contributed by atoms with Crippen LogP contribution in [0.5, 0.6) is 0 Å². The molecule has 11 aromatic rings. The lowest BCUT2D eigenvalue weighted by molar-refractivity contribution is 0.455. The molecule has 3 heterocycles. The summed E-state index contributed by atoms with van der Waals surface area (Å²) >= 11 is 0. The van der Waals surface area contributed by atoms with Gasteiger partial charge in [0.05, 0.1) is 16.7 Å². The van der Waals surface area contributed by atoms with Gasteiger partial charge in [-0.1, -0.05) is 134 Å². The Hall–Kier alpha value is -6.84. The average Bonchev–Trinajstić information content (AvgIpc) is 3.88. The van der Waals surface area contributed by atoms with Crippen molar-refractivity contribution < 1.29 is 4.42 Å². The van der Waals surface area contributed by atoms with Crippen LogP contribution in [0, 0.1) is 0 Å². The lowest BCUT2D eigenvalue weighted by Crippen LogP contribution is -2.17. The summed E-state index contributed by atoms with van der Waals surface area (Å²) in [6.07, 6.45) is 0.966. The first kappa shape index (κ1) is 30.6. The van der Waals surface area contributed by atoms with Gasteiger partial charge in [0.1, 0.15) is 5.58 Å². The molecule has 3 heteroatoms. The maximum Gasteiger partial charge on any atom is 0.159 e. The van der Waals surface area contributed by atoms with Crippen molar-refractivity contribution in [2.45, 2.75) is 25.3 Å². The van der Waals surface area contributed by atoms with Gasteiger partial charge in [-0.05, 0) is 88.3 Å². The van der Waals surface area contributed by atoms with Gasteiger partial charge in [0.15, 0.2) is 5.58 Å². The van der Waals surface area contributed by atoms with E-state index in [0.29, 0.717) is 0 Å². The summed E-state index contributed by atoms with van der Waals surface area (Å²) in [5, 5.41) is 7.39. The minimum absolute atomic E-state index is 0.261. The molecule has 0 saturated carbocycles. The van der Waals surface area contributed by atoms with E-state index < -0.39 is 0 Å². The third-order valence-corrected chi connectivity index (χ3v) is 12.4. The van der Waals surface area contributed by atoms with E-state index in [1.165, 1.54) is 77.0 Å². The maximum atomic E-state index is 6.55. The van der Waals surface area contributed by atoms with Crippen LogP contribution in [0.3, 0.4) is 0 Å².